The Morgan fingerprint density at radius 2 is 1.89 bits per heavy atom. The zero-order valence-corrected chi connectivity index (χ0v) is 11.8. The first-order valence-corrected chi connectivity index (χ1v) is 6.64. The maximum Gasteiger partial charge on any atom is 0.131 e. The second-order valence-electron chi connectivity index (χ2n) is 4.49. The molecule has 0 saturated carbocycles. The number of benzene rings is 1. The fourth-order valence-electron chi connectivity index (χ4n) is 2.27. The van der Waals surface area contributed by atoms with E-state index in [9.17, 15) is 0 Å². The topological polar surface area (TPSA) is 53.1 Å². The van der Waals surface area contributed by atoms with Gasteiger partial charge < -0.3 is 15.0 Å². The van der Waals surface area contributed by atoms with Crippen molar-refractivity contribution in [1.29, 1.82) is 0 Å². The number of nitrogen functional groups attached to an aromatic ring is 1. The molecule has 1 aromatic heterocycles. The lowest BCUT2D eigenvalue weighted by atomic mass is 10.1. The van der Waals surface area contributed by atoms with Crippen LogP contribution in [0.3, 0.4) is 0 Å². The SMILES string of the molecule is CCc1nc(-c2ccc(COC)cc2)c(N)n1CC. The molecule has 0 amide bonds. The standard InChI is InChI=1S/C15H21N3O/c1-4-13-17-14(15(16)18(13)5-2)12-8-6-11(7-9-12)10-19-3/h6-9H,4-5,10,16H2,1-3H3. The number of aromatic nitrogens is 2. The van der Waals surface area contributed by atoms with E-state index in [4.69, 9.17) is 10.5 Å². The van der Waals surface area contributed by atoms with Gasteiger partial charge in [0.1, 0.15) is 17.3 Å². The van der Waals surface area contributed by atoms with E-state index < -0.39 is 0 Å². The molecule has 2 aromatic rings. The lowest BCUT2D eigenvalue weighted by Gasteiger charge is -2.05. The number of imidazole rings is 1. The summed E-state index contributed by atoms with van der Waals surface area (Å²) in [6.45, 7) is 5.66. The van der Waals surface area contributed by atoms with Crippen molar-refractivity contribution in [3.63, 3.8) is 0 Å². The van der Waals surface area contributed by atoms with Crippen molar-refractivity contribution in [3.05, 3.63) is 35.7 Å². The molecule has 0 aliphatic carbocycles. The molecule has 2 rings (SSSR count). The van der Waals surface area contributed by atoms with Crippen LogP contribution in [0.1, 0.15) is 25.2 Å². The van der Waals surface area contributed by atoms with Crippen molar-refractivity contribution in [3.8, 4) is 11.3 Å². The van der Waals surface area contributed by atoms with Gasteiger partial charge in [-0.05, 0) is 12.5 Å². The van der Waals surface area contributed by atoms with E-state index in [2.05, 4.69) is 35.5 Å². The van der Waals surface area contributed by atoms with Gasteiger partial charge in [-0.3, -0.25) is 0 Å². The molecule has 102 valence electrons. The molecule has 1 aromatic carbocycles. The molecular weight excluding hydrogens is 238 g/mol. The number of hydrogen-bond acceptors (Lipinski definition) is 3. The molecule has 0 radical (unpaired) electrons. The Kier molecular flexibility index (Phi) is 4.22. The molecule has 0 unspecified atom stereocenters. The molecule has 0 aliphatic heterocycles. The molecule has 0 bridgehead atoms. The maximum atomic E-state index is 6.19. The summed E-state index contributed by atoms with van der Waals surface area (Å²) in [7, 11) is 1.70. The molecule has 0 saturated heterocycles. The van der Waals surface area contributed by atoms with E-state index in [0.29, 0.717) is 6.61 Å². The van der Waals surface area contributed by atoms with Crippen LogP contribution in [0.25, 0.3) is 11.3 Å². The summed E-state index contributed by atoms with van der Waals surface area (Å²) in [6, 6.07) is 8.20. The van der Waals surface area contributed by atoms with Crippen LogP contribution in [0.5, 0.6) is 0 Å². The van der Waals surface area contributed by atoms with E-state index in [1.807, 2.05) is 12.1 Å². The van der Waals surface area contributed by atoms with Crippen molar-refractivity contribution in [2.45, 2.75) is 33.4 Å². The zero-order chi connectivity index (χ0) is 13.8. The Bertz CT molecular complexity index is 543. The second-order valence-corrected chi connectivity index (χ2v) is 4.49. The Balaban J connectivity index is 2.38. The molecule has 0 aliphatic rings. The normalized spacial score (nSPS) is 10.9. The summed E-state index contributed by atoms with van der Waals surface area (Å²) >= 11 is 0. The largest absolute Gasteiger partial charge is 0.383 e. The van der Waals surface area contributed by atoms with Gasteiger partial charge in [-0.25, -0.2) is 4.98 Å². The average Bonchev–Trinajstić information content (AvgIpc) is 2.76. The fourth-order valence-corrected chi connectivity index (χ4v) is 2.27. The lowest BCUT2D eigenvalue weighted by molar-refractivity contribution is 0.185. The van der Waals surface area contributed by atoms with Crippen LogP contribution in [-0.4, -0.2) is 16.7 Å². The number of nitrogens with zero attached hydrogens (tertiary/aromatic N) is 2. The van der Waals surface area contributed by atoms with Crippen molar-refractivity contribution < 1.29 is 4.74 Å². The first-order chi connectivity index (χ1) is 9.21. The van der Waals surface area contributed by atoms with Crippen molar-refractivity contribution >= 4 is 5.82 Å². The van der Waals surface area contributed by atoms with Gasteiger partial charge in [0.25, 0.3) is 0 Å². The molecule has 4 heteroatoms. The van der Waals surface area contributed by atoms with Gasteiger partial charge in [0.05, 0.1) is 6.61 Å². The Labute approximate surface area is 114 Å². The first kappa shape index (κ1) is 13.6. The van der Waals surface area contributed by atoms with Crippen LogP contribution in [0.4, 0.5) is 5.82 Å². The molecule has 0 spiro atoms. The average molecular weight is 259 g/mol. The zero-order valence-electron chi connectivity index (χ0n) is 11.8. The van der Waals surface area contributed by atoms with Crippen LogP contribution in [0.2, 0.25) is 0 Å². The van der Waals surface area contributed by atoms with E-state index in [1.165, 1.54) is 0 Å². The number of ether oxygens (including phenoxy) is 1. The number of anilines is 1. The highest BCUT2D eigenvalue weighted by atomic mass is 16.5. The van der Waals surface area contributed by atoms with E-state index in [0.717, 1.165) is 41.4 Å². The third-order valence-corrected chi connectivity index (χ3v) is 3.26. The fraction of sp³-hybridized carbons (Fsp3) is 0.400. The number of nitrogens with two attached hydrogens (primary N) is 1. The molecule has 0 atom stereocenters. The van der Waals surface area contributed by atoms with Gasteiger partial charge in [0.15, 0.2) is 0 Å². The molecule has 1 heterocycles. The summed E-state index contributed by atoms with van der Waals surface area (Å²) in [6.07, 6.45) is 0.889. The van der Waals surface area contributed by atoms with Crippen LogP contribution >= 0.6 is 0 Å². The van der Waals surface area contributed by atoms with Crippen LogP contribution in [0.15, 0.2) is 24.3 Å². The first-order valence-electron chi connectivity index (χ1n) is 6.64. The highest BCUT2D eigenvalue weighted by Gasteiger charge is 2.13. The molecule has 0 fully saturated rings. The van der Waals surface area contributed by atoms with Gasteiger partial charge in [0.2, 0.25) is 0 Å². The van der Waals surface area contributed by atoms with Gasteiger partial charge >= 0.3 is 0 Å². The van der Waals surface area contributed by atoms with Crippen LogP contribution in [0, 0.1) is 0 Å². The van der Waals surface area contributed by atoms with E-state index in [1.54, 1.807) is 7.11 Å². The molecule has 19 heavy (non-hydrogen) atoms. The molecule has 2 N–H and O–H groups in total. The van der Waals surface area contributed by atoms with Crippen molar-refractivity contribution in [1.82, 2.24) is 9.55 Å². The smallest absolute Gasteiger partial charge is 0.131 e. The highest BCUT2D eigenvalue weighted by molar-refractivity contribution is 5.71. The number of methoxy groups -OCH3 is 1. The van der Waals surface area contributed by atoms with Crippen LogP contribution < -0.4 is 5.73 Å². The second kappa shape index (κ2) is 5.89. The van der Waals surface area contributed by atoms with E-state index in [-0.39, 0.29) is 0 Å². The van der Waals surface area contributed by atoms with Crippen molar-refractivity contribution in [2.24, 2.45) is 0 Å². The predicted molar refractivity (Wildman–Crippen MR) is 77.8 cm³/mol. The predicted octanol–water partition coefficient (Wildman–Crippen LogP) is 2.86. The van der Waals surface area contributed by atoms with Crippen molar-refractivity contribution in [2.75, 3.05) is 12.8 Å². The monoisotopic (exact) mass is 259 g/mol. The summed E-state index contributed by atoms with van der Waals surface area (Å²) < 4.78 is 7.18. The molecule has 4 nitrogen and oxygen atoms in total. The highest BCUT2D eigenvalue weighted by Crippen LogP contribution is 2.27. The Morgan fingerprint density at radius 1 is 1.21 bits per heavy atom. The minimum Gasteiger partial charge on any atom is -0.383 e. The summed E-state index contributed by atoms with van der Waals surface area (Å²) in [5.74, 6) is 1.79. The molecular formula is C15H21N3O. The number of rotatable bonds is 5. The van der Waals surface area contributed by atoms with Gasteiger partial charge in [-0.15, -0.1) is 0 Å². The lowest BCUT2D eigenvalue weighted by Crippen LogP contribution is -2.04. The van der Waals surface area contributed by atoms with Crippen LogP contribution in [-0.2, 0) is 24.3 Å². The summed E-state index contributed by atoms with van der Waals surface area (Å²) in [5, 5.41) is 0. The van der Waals surface area contributed by atoms with Gasteiger partial charge in [0, 0.05) is 25.6 Å². The third kappa shape index (κ3) is 2.63. The quantitative estimate of drug-likeness (QED) is 0.898. The number of hydrogen-bond donors (Lipinski definition) is 1. The number of aryl methyl sites for hydroxylation is 1. The van der Waals surface area contributed by atoms with E-state index >= 15 is 0 Å². The Hall–Kier alpha value is -1.81. The van der Waals surface area contributed by atoms with Gasteiger partial charge in [-0.1, -0.05) is 31.2 Å². The minimum atomic E-state index is 0.624. The maximum absolute atomic E-state index is 6.19. The summed E-state index contributed by atoms with van der Waals surface area (Å²) in [5.41, 5.74) is 9.28. The minimum absolute atomic E-state index is 0.624. The Morgan fingerprint density at radius 3 is 2.37 bits per heavy atom. The van der Waals surface area contributed by atoms with Gasteiger partial charge in [-0.2, -0.15) is 0 Å². The summed E-state index contributed by atoms with van der Waals surface area (Å²) in [4.78, 5) is 4.65. The third-order valence-electron chi connectivity index (χ3n) is 3.26.